The molecule has 17 heavy (non-hydrogen) atoms. The van der Waals surface area contributed by atoms with E-state index in [2.05, 4.69) is 33.9 Å². The molecule has 0 saturated heterocycles. The van der Waals surface area contributed by atoms with Crippen molar-refractivity contribution in [3.8, 4) is 0 Å². The molecular weight excluding hydrogens is 228 g/mol. The van der Waals surface area contributed by atoms with Crippen LogP contribution in [0.25, 0.3) is 0 Å². The molecule has 0 aromatic carbocycles. The third-order valence-corrected chi connectivity index (χ3v) is 8.71. The molecule has 1 aliphatic rings. The molecule has 0 amide bonds. The van der Waals surface area contributed by atoms with Crippen LogP contribution in [0.5, 0.6) is 0 Å². The van der Waals surface area contributed by atoms with Crippen molar-refractivity contribution in [2.45, 2.75) is 77.4 Å². The Morgan fingerprint density at radius 3 is 2.18 bits per heavy atom. The Balaban J connectivity index is 2.43. The third-order valence-electron chi connectivity index (χ3n) is 4.36. The molecule has 0 unspecified atom stereocenters. The quantitative estimate of drug-likeness (QED) is 0.695. The predicted octanol–water partition coefficient (Wildman–Crippen LogP) is 4.51. The Hall–Kier alpha value is -0.313. The van der Waals surface area contributed by atoms with Crippen LogP contribution in [0.3, 0.4) is 0 Å². The van der Waals surface area contributed by atoms with Crippen molar-refractivity contribution < 1.29 is 9.22 Å². The third kappa shape index (κ3) is 4.45. The van der Waals surface area contributed by atoms with Gasteiger partial charge in [-0.05, 0) is 36.9 Å². The lowest BCUT2D eigenvalue weighted by Gasteiger charge is -2.36. The lowest BCUT2D eigenvalue weighted by molar-refractivity contribution is -0.136. The van der Waals surface area contributed by atoms with Gasteiger partial charge in [0.2, 0.25) is 0 Å². The van der Waals surface area contributed by atoms with E-state index in [1.807, 2.05) is 0 Å². The van der Waals surface area contributed by atoms with Crippen molar-refractivity contribution in [2.75, 3.05) is 0 Å². The average Bonchev–Trinajstić information content (AvgIpc) is 2.16. The summed E-state index contributed by atoms with van der Waals surface area (Å²) >= 11 is 0. The van der Waals surface area contributed by atoms with Gasteiger partial charge in [-0.2, -0.15) is 0 Å². The first kappa shape index (κ1) is 14.7. The Kier molecular flexibility index (Phi) is 4.82. The second kappa shape index (κ2) is 5.55. The first-order chi connectivity index (χ1) is 7.72. The van der Waals surface area contributed by atoms with E-state index in [9.17, 15) is 4.79 Å². The van der Waals surface area contributed by atoms with Crippen LogP contribution in [0.2, 0.25) is 18.1 Å². The van der Waals surface area contributed by atoms with Gasteiger partial charge >= 0.3 is 0 Å². The van der Waals surface area contributed by atoms with E-state index >= 15 is 0 Å². The summed E-state index contributed by atoms with van der Waals surface area (Å²) in [6.45, 7) is 10.8. The van der Waals surface area contributed by atoms with Crippen molar-refractivity contribution >= 4 is 14.3 Å². The summed E-state index contributed by atoms with van der Waals surface area (Å²) in [7, 11) is -1.90. The van der Waals surface area contributed by atoms with Gasteiger partial charge in [0.1, 0.15) is 0 Å². The minimum atomic E-state index is -1.90. The molecule has 1 saturated carbocycles. The molecule has 1 aliphatic carbocycles. The fourth-order valence-corrected chi connectivity index (χ4v) is 3.07. The molecule has 0 radical (unpaired) electrons. The Morgan fingerprint density at radius 2 is 1.71 bits per heavy atom. The van der Waals surface area contributed by atoms with Crippen LogP contribution >= 0.6 is 0 Å². The van der Waals surface area contributed by atoms with Gasteiger partial charge in [0.25, 0.3) is 14.3 Å². The topological polar surface area (TPSA) is 26.3 Å². The van der Waals surface area contributed by atoms with Crippen molar-refractivity contribution in [3.63, 3.8) is 0 Å². The Labute approximate surface area is 107 Å². The normalized spacial score (nSPS) is 19.1. The van der Waals surface area contributed by atoms with Crippen molar-refractivity contribution in [3.05, 3.63) is 0 Å². The van der Waals surface area contributed by atoms with Gasteiger partial charge in [-0.3, -0.25) is 4.79 Å². The smallest absolute Gasteiger partial charge is 0.292 e. The van der Waals surface area contributed by atoms with E-state index < -0.39 is 8.32 Å². The zero-order chi connectivity index (χ0) is 13.1. The maximum Gasteiger partial charge on any atom is 0.292 e. The van der Waals surface area contributed by atoms with Gasteiger partial charge in [-0.15, -0.1) is 0 Å². The van der Waals surface area contributed by atoms with Crippen molar-refractivity contribution in [1.82, 2.24) is 0 Å². The molecule has 0 N–H and O–H groups in total. The highest BCUT2D eigenvalue weighted by atomic mass is 28.4. The lowest BCUT2D eigenvalue weighted by atomic mass is 9.87. The Bertz CT molecular complexity index is 260. The molecule has 0 aromatic rings. The Morgan fingerprint density at radius 1 is 1.18 bits per heavy atom. The molecule has 0 atom stereocenters. The number of hydrogen-bond acceptors (Lipinski definition) is 2. The summed E-state index contributed by atoms with van der Waals surface area (Å²) in [5, 5.41) is 0.120. The first-order valence-corrected chi connectivity index (χ1v) is 9.85. The van der Waals surface area contributed by atoms with Crippen LogP contribution in [0.1, 0.15) is 59.3 Å². The molecule has 3 heteroatoms. The summed E-state index contributed by atoms with van der Waals surface area (Å²) in [5.41, 5.74) is 0. The molecule has 2 nitrogen and oxygen atoms in total. The van der Waals surface area contributed by atoms with Crippen LogP contribution in [0.15, 0.2) is 0 Å². The molecule has 0 aliphatic heterocycles. The average molecular weight is 256 g/mol. The summed E-state index contributed by atoms with van der Waals surface area (Å²) in [6, 6.07) is 0. The highest BCUT2D eigenvalue weighted by Gasteiger charge is 2.40. The highest BCUT2D eigenvalue weighted by molar-refractivity contribution is 6.75. The molecule has 0 spiro atoms. The maximum atomic E-state index is 12.0. The standard InChI is InChI=1S/C14H28O2Si/c1-14(2,3)17(4,5)16-13(15)11-12-9-7-6-8-10-12/h12H,6-11H2,1-5H3. The minimum Gasteiger partial charge on any atom is -0.519 e. The number of carbonyl (C=O) groups is 1. The molecule has 0 heterocycles. The van der Waals surface area contributed by atoms with Gasteiger partial charge in [-0.25, -0.2) is 0 Å². The van der Waals surface area contributed by atoms with Crippen molar-refractivity contribution in [2.24, 2.45) is 5.92 Å². The zero-order valence-electron chi connectivity index (χ0n) is 12.1. The molecular formula is C14H28O2Si. The summed E-state index contributed by atoms with van der Waals surface area (Å²) < 4.78 is 5.80. The lowest BCUT2D eigenvalue weighted by Crippen LogP contribution is -2.42. The fraction of sp³-hybridized carbons (Fsp3) is 0.929. The largest absolute Gasteiger partial charge is 0.519 e. The SMILES string of the molecule is CC(C)(C)[Si](C)(C)OC(=O)CC1CCCCC1. The highest BCUT2D eigenvalue weighted by Crippen LogP contribution is 2.37. The molecule has 1 fully saturated rings. The first-order valence-electron chi connectivity index (χ1n) is 6.94. The molecule has 100 valence electrons. The van der Waals surface area contributed by atoms with Gasteiger partial charge < -0.3 is 4.43 Å². The van der Waals surface area contributed by atoms with Crippen LogP contribution in [-0.4, -0.2) is 14.3 Å². The van der Waals surface area contributed by atoms with E-state index in [1.165, 1.54) is 32.1 Å². The van der Waals surface area contributed by atoms with E-state index in [0.717, 1.165) is 0 Å². The molecule has 0 aromatic heterocycles. The number of hydrogen-bond donors (Lipinski definition) is 0. The van der Waals surface area contributed by atoms with E-state index in [0.29, 0.717) is 12.3 Å². The van der Waals surface area contributed by atoms with E-state index in [4.69, 9.17) is 4.43 Å². The number of rotatable bonds is 3. The molecule has 1 rings (SSSR count). The number of carbonyl (C=O) groups excluding carboxylic acids is 1. The minimum absolute atomic E-state index is 0.0449. The van der Waals surface area contributed by atoms with Crippen LogP contribution in [0, 0.1) is 5.92 Å². The van der Waals surface area contributed by atoms with Gasteiger partial charge in [0, 0.05) is 6.42 Å². The summed E-state index contributed by atoms with van der Waals surface area (Å²) in [5.74, 6) is 0.629. The summed E-state index contributed by atoms with van der Waals surface area (Å²) in [6.07, 6.45) is 7.00. The predicted molar refractivity (Wildman–Crippen MR) is 74.5 cm³/mol. The molecule has 0 bridgehead atoms. The van der Waals surface area contributed by atoms with Crippen LogP contribution in [0.4, 0.5) is 0 Å². The monoisotopic (exact) mass is 256 g/mol. The van der Waals surface area contributed by atoms with Gasteiger partial charge in [0.15, 0.2) is 0 Å². The second-order valence-corrected chi connectivity index (χ2v) is 11.7. The van der Waals surface area contributed by atoms with Gasteiger partial charge in [-0.1, -0.05) is 40.0 Å². The van der Waals surface area contributed by atoms with Crippen molar-refractivity contribution in [1.29, 1.82) is 0 Å². The van der Waals surface area contributed by atoms with Crippen LogP contribution in [-0.2, 0) is 9.22 Å². The van der Waals surface area contributed by atoms with Crippen LogP contribution < -0.4 is 0 Å². The van der Waals surface area contributed by atoms with Gasteiger partial charge in [0.05, 0.1) is 0 Å². The fourth-order valence-electron chi connectivity index (χ4n) is 2.11. The summed E-state index contributed by atoms with van der Waals surface area (Å²) in [4.78, 5) is 12.0. The maximum absolute atomic E-state index is 12.0. The second-order valence-electron chi connectivity index (χ2n) is 6.94. The zero-order valence-corrected chi connectivity index (χ0v) is 13.1. The van der Waals surface area contributed by atoms with E-state index in [-0.39, 0.29) is 11.0 Å². The van der Waals surface area contributed by atoms with E-state index in [1.54, 1.807) is 0 Å².